The lowest BCUT2D eigenvalue weighted by atomic mass is 10.2. The summed E-state index contributed by atoms with van der Waals surface area (Å²) in [4.78, 5) is 29.5. The van der Waals surface area contributed by atoms with Crippen LogP contribution in [0.5, 0.6) is 0 Å². The maximum atomic E-state index is 13.9. The molecule has 0 aliphatic heterocycles. The number of aryl methyl sites for hydroxylation is 2. The SMILES string of the molecule is Cc1cc2nn(CC(=O)Nc3cc(F)ccc3F)c(=O)n2c(Nc2ccc(C)c(F)c2)n1. The molecule has 0 atom stereocenters. The van der Waals surface area contributed by atoms with Gasteiger partial charge in [0.2, 0.25) is 11.9 Å². The number of nitrogens with one attached hydrogen (secondary N) is 2. The average Bonchev–Trinajstić information content (AvgIpc) is 3.02. The van der Waals surface area contributed by atoms with Gasteiger partial charge >= 0.3 is 5.69 Å². The molecular formula is C21H17F3N6O2. The molecule has 164 valence electrons. The van der Waals surface area contributed by atoms with E-state index >= 15 is 0 Å². The van der Waals surface area contributed by atoms with Crippen molar-refractivity contribution in [3.63, 3.8) is 0 Å². The molecule has 0 unspecified atom stereocenters. The number of anilines is 3. The van der Waals surface area contributed by atoms with Crippen molar-refractivity contribution in [3.05, 3.63) is 81.7 Å². The van der Waals surface area contributed by atoms with Crippen LogP contribution in [-0.4, -0.2) is 25.1 Å². The number of aromatic nitrogens is 4. The van der Waals surface area contributed by atoms with E-state index in [1.807, 2.05) is 0 Å². The van der Waals surface area contributed by atoms with Gasteiger partial charge in [0.25, 0.3) is 0 Å². The van der Waals surface area contributed by atoms with Crippen molar-refractivity contribution in [1.29, 1.82) is 0 Å². The van der Waals surface area contributed by atoms with Gasteiger partial charge in [-0.1, -0.05) is 6.07 Å². The molecule has 0 aliphatic carbocycles. The van der Waals surface area contributed by atoms with Crippen LogP contribution >= 0.6 is 0 Å². The summed E-state index contributed by atoms with van der Waals surface area (Å²) in [5, 5.41) is 9.21. The number of fused-ring (bicyclic) bond motifs is 1. The fourth-order valence-corrected chi connectivity index (χ4v) is 3.06. The minimum atomic E-state index is -0.821. The van der Waals surface area contributed by atoms with Crippen molar-refractivity contribution < 1.29 is 18.0 Å². The largest absolute Gasteiger partial charge is 0.353 e. The summed E-state index contributed by atoms with van der Waals surface area (Å²) in [7, 11) is 0. The first-order valence-electron chi connectivity index (χ1n) is 9.46. The number of halogens is 3. The quantitative estimate of drug-likeness (QED) is 0.495. The highest BCUT2D eigenvalue weighted by molar-refractivity contribution is 5.90. The second-order valence-corrected chi connectivity index (χ2v) is 7.12. The van der Waals surface area contributed by atoms with Gasteiger partial charge in [0.15, 0.2) is 5.65 Å². The van der Waals surface area contributed by atoms with Gasteiger partial charge in [0.05, 0.1) is 5.69 Å². The topological polar surface area (TPSA) is 93.3 Å². The third-order valence-corrected chi connectivity index (χ3v) is 4.62. The van der Waals surface area contributed by atoms with E-state index in [4.69, 9.17) is 0 Å². The maximum Gasteiger partial charge on any atom is 0.353 e. The zero-order chi connectivity index (χ0) is 23.0. The van der Waals surface area contributed by atoms with Gasteiger partial charge in [0, 0.05) is 23.5 Å². The standard InChI is InChI=1S/C21H17F3N6O2/c1-11-3-5-14(9-16(11)24)26-20-25-12(2)7-18-28-29(21(32)30(18)20)10-19(31)27-17-8-13(22)4-6-15(17)23/h3-9H,10H2,1-2H3,(H,25,26)(H,27,31). The van der Waals surface area contributed by atoms with Gasteiger partial charge in [0.1, 0.15) is 24.0 Å². The molecule has 11 heteroatoms. The number of benzene rings is 2. The van der Waals surface area contributed by atoms with Gasteiger partial charge in [-0.2, -0.15) is 0 Å². The zero-order valence-electron chi connectivity index (χ0n) is 17.0. The number of rotatable bonds is 5. The normalized spacial score (nSPS) is 11.0. The van der Waals surface area contributed by atoms with E-state index in [9.17, 15) is 22.8 Å². The second-order valence-electron chi connectivity index (χ2n) is 7.12. The number of carbonyl (C=O) groups is 1. The molecule has 0 fully saturated rings. The predicted octanol–water partition coefficient (Wildman–Crippen LogP) is 3.31. The lowest BCUT2D eigenvalue weighted by Gasteiger charge is -2.09. The van der Waals surface area contributed by atoms with Crippen LogP contribution in [0.4, 0.5) is 30.5 Å². The van der Waals surface area contributed by atoms with Crippen molar-refractivity contribution in [1.82, 2.24) is 19.2 Å². The summed E-state index contributed by atoms with van der Waals surface area (Å²) in [5.74, 6) is -2.67. The van der Waals surface area contributed by atoms with Crippen LogP contribution in [-0.2, 0) is 11.3 Å². The third kappa shape index (κ3) is 4.17. The molecule has 0 radical (unpaired) electrons. The molecule has 2 heterocycles. The molecule has 8 nitrogen and oxygen atoms in total. The molecule has 0 saturated carbocycles. The Labute approximate surface area is 179 Å². The van der Waals surface area contributed by atoms with E-state index in [-0.39, 0.29) is 17.3 Å². The van der Waals surface area contributed by atoms with Crippen molar-refractivity contribution in [2.45, 2.75) is 20.4 Å². The van der Waals surface area contributed by atoms with Crippen molar-refractivity contribution in [3.8, 4) is 0 Å². The Hall–Kier alpha value is -4.15. The Kier molecular flexibility index (Phi) is 5.39. The molecule has 2 aromatic heterocycles. The maximum absolute atomic E-state index is 13.9. The van der Waals surface area contributed by atoms with E-state index in [0.717, 1.165) is 27.3 Å². The van der Waals surface area contributed by atoms with E-state index in [2.05, 4.69) is 20.7 Å². The second kappa shape index (κ2) is 8.17. The summed E-state index contributed by atoms with van der Waals surface area (Å²) in [6, 6.07) is 8.63. The fourth-order valence-electron chi connectivity index (χ4n) is 3.06. The van der Waals surface area contributed by atoms with Crippen LogP contribution in [0.25, 0.3) is 5.65 Å². The van der Waals surface area contributed by atoms with Crippen LogP contribution in [0.1, 0.15) is 11.3 Å². The highest BCUT2D eigenvalue weighted by Crippen LogP contribution is 2.19. The highest BCUT2D eigenvalue weighted by Gasteiger charge is 2.17. The van der Waals surface area contributed by atoms with Gasteiger partial charge in [-0.25, -0.2) is 32.0 Å². The monoisotopic (exact) mass is 442 g/mol. The highest BCUT2D eigenvalue weighted by atomic mass is 19.1. The van der Waals surface area contributed by atoms with E-state index in [1.165, 1.54) is 12.1 Å². The number of nitrogens with zero attached hydrogens (tertiary/aromatic N) is 4. The van der Waals surface area contributed by atoms with Crippen LogP contribution in [0, 0.1) is 31.3 Å². The van der Waals surface area contributed by atoms with Crippen LogP contribution in [0.2, 0.25) is 0 Å². The van der Waals surface area contributed by atoms with Gasteiger partial charge in [-0.3, -0.25) is 4.79 Å². The van der Waals surface area contributed by atoms with Gasteiger partial charge in [-0.05, 0) is 43.7 Å². The Bertz CT molecular complexity index is 1410. The van der Waals surface area contributed by atoms with Gasteiger partial charge in [-0.15, -0.1) is 5.10 Å². The molecule has 4 aromatic rings. The van der Waals surface area contributed by atoms with Crippen molar-refractivity contribution in [2.75, 3.05) is 10.6 Å². The number of hydrogen-bond donors (Lipinski definition) is 2. The minimum Gasteiger partial charge on any atom is -0.325 e. The van der Waals surface area contributed by atoms with Gasteiger partial charge < -0.3 is 10.6 Å². The third-order valence-electron chi connectivity index (χ3n) is 4.62. The molecule has 4 rings (SSSR count). The number of amides is 1. The Morgan fingerprint density at radius 1 is 1.03 bits per heavy atom. The first-order valence-corrected chi connectivity index (χ1v) is 9.46. The van der Waals surface area contributed by atoms with Crippen LogP contribution < -0.4 is 16.3 Å². The fraction of sp³-hybridized carbons (Fsp3) is 0.143. The average molecular weight is 442 g/mol. The molecule has 32 heavy (non-hydrogen) atoms. The molecular weight excluding hydrogens is 425 g/mol. The predicted molar refractivity (Wildman–Crippen MR) is 111 cm³/mol. The first kappa shape index (κ1) is 21.1. The number of carbonyl (C=O) groups excluding carboxylic acids is 1. The molecule has 1 amide bonds. The molecule has 0 spiro atoms. The first-order chi connectivity index (χ1) is 15.2. The van der Waals surface area contributed by atoms with Crippen LogP contribution in [0.3, 0.4) is 0 Å². The Morgan fingerprint density at radius 3 is 2.56 bits per heavy atom. The van der Waals surface area contributed by atoms with E-state index in [0.29, 0.717) is 16.9 Å². The summed E-state index contributed by atoms with van der Waals surface area (Å²) in [6.45, 7) is 2.76. The molecule has 0 bridgehead atoms. The Morgan fingerprint density at radius 2 is 1.81 bits per heavy atom. The van der Waals surface area contributed by atoms with E-state index < -0.39 is 35.6 Å². The molecule has 2 aromatic carbocycles. The van der Waals surface area contributed by atoms with Crippen molar-refractivity contribution in [2.24, 2.45) is 0 Å². The molecule has 0 saturated heterocycles. The zero-order valence-corrected chi connectivity index (χ0v) is 17.0. The smallest absolute Gasteiger partial charge is 0.325 e. The minimum absolute atomic E-state index is 0.0797. The number of hydrogen-bond acceptors (Lipinski definition) is 5. The molecule has 2 N–H and O–H groups in total. The van der Waals surface area contributed by atoms with E-state index in [1.54, 1.807) is 26.0 Å². The molecule has 0 aliphatic rings. The summed E-state index contributed by atoms with van der Waals surface area (Å²) in [6.07, 6.45) is 0. The summed E-state index contributed by atoms with van der Waals surface area (Å²) >= 11 is 0. The van der Waals surface area contributed by atoms with Crippen molar-refractivity contribution >= 4 is 28.9 Å². The lowest BCUT2D eigenvalue weighted by molar-refractivity contribution is -0.117. The summed E-state index contributed by atoms with van der Waals surface area (Å²) < 4.78 is 43.0. The Balaban J connectivity index is 1.65. The summed E-state index contributed by atoms with van der Waals surface area (Å²) in [5.41, 5.74) is 0.499. The van der Waals surface area contributed by atoms with Crippen LogP contribution in [0.15, 0.2) is 47.3 Å². The lowest BCUT2D eigenvalue weighted by Crippen LogP contribution is -2.29.